The van der Waals surface area contributed by atoms with Crippen LogP contribution in [-0.4, -0.2) is 35.9 Å². The van der Waals surface area contributed by atoms with Gasteiger partial charge in [-0.3, -0.25) is 4.79 Å². The fraction of sp³-hybridized carbons (Fsp3) is 0.550. The number of benzene rings is 1. The lowest BCUT2D eigenvalue weighted by atomic mass is 9.81. The van der Waals surface area contributed by atoms with Crippen LogP contribution >= 0.6 is 11.6 Å². The van der Waals surface area contributed by atoms with Crippen LogP contribution in [0.4, 0.5) is 4.39 Å². The molecular formula is C20H24ClFN2O2. The minimum atomic E-state index is -1.05. The van der Waals surface area contributed by atoms with Gasteiger partial charge in [0.25, 0.3) is 5.91 Å². The lowest BCUT2D eigenvalue weighted by Gasteiger charge is -2.31. The van der Waals surface area contributed by atoms with Crippen molar-refractivity contribution in [1.82, 2.24) is 9.88 Å². The number of rotatable bonds is 4. The van der Waals surface area contributed by atoms with E-state index < -0.39 is 5.67 Å². The molecule has 1 N–H and O–H groups in total. The molecular weight excluding hydrogens is 355 g/mol. The van der Waals surface area contributed by atoms with E-state index in [9.17, 15) is 9.18 Å². The van der Waals surface area contributed by atoms with E-state index in [1.807, 2.05) is 24.4 Å². The molecule has 1 aromatic carbocycles. The molecule has 1 saturated heterocycles. The number of ether oxygens (including phenoxy) is 1. The first-order valence-corrected chi connectivity index (χ1v) is 9.66. The minimum absolute atomic E-state index is 0.115. The van der Waals surface area contributed by atoms with E-state index in [-0.39, 0.29) is 11.9 Å². The molecule has 1 amide bonds. The van der Waals surface area contributed by atoms with Gasteiger partial charge in [-0.2, -0.15) is 0 Å². The third kappa shape index (κ3) is 3.35. The molecule has 0 unspecified atom stereocenters. The number of amides is 1. The quantitative estimate of drug-likeness (QED) is 0.850. The van der Waals surface area contributed by atoms with Crippen molar-refractivity contribution in [2.75, 3.05) is 19.8 Å². The average molecular weight is 379 g/mol. The Morgan fingerprint density at radius 3 is 2.77 bits per heavy atom. The molecule has 1 aromatic heterocycles. The third-order valence-corrected chi connectivity index (χ3v) is 6.08. The Balaban J connectivity index is 1.52. The highest BCUT2D eigenvalue weighted by atomic mass is 35.5. The molecule has 2 fully saturated rings. The summed E-state index contributed by atoms with van der Waals surface area (Å²) in [7, 11) is 0. The maximum absolute atomic E-state index is 13.9. The number of nitrogens with one attached hydrogen (secondary N) is 1. The zero-order valence-corrected chi connectivity index (χ0v) is 15.7. The highest BCUT2D eigenvalue weighted by Gasteiger charge is 2.31. The van der Waals surface area contributed by atoms with E-state index in [4.69, 9.17) is 16.3 Å². The van der Waals surface area contributed by atoms with Crippen molar-refractivity contribution in [2.45, 2.75) is 44.3 Å². The zero-order valence-electron chi connectivity index (χ0n) is 14.9. The number of hydrogen-bond donors (Lipinski definition) is 1. The highest BCUT2D eigenvalue weighted by Crippen LogP contribution is 2.35. The second kappa shape index (κ2) is 6.86. The smallest absolute Gasteiger partial charge is 0.253 e. The summed E-state index contributed by atoms with van der Waals surface area (Å²) in [5, 5.41) is 4.41. The summed E-state index contributed by atoms with van der Waals surface area (Å²) in [6.07, 6.45) is 4.66. The second-order valence-electron chi connectivity index (χ2n) is 7.84. The van der Waals surface area contributed by atoms with Gasteiger partial charge in [0.15, 0.2) is 0 Å². The predicted molar refractivity (Wildman–Crippen MR) is 101 cm³/mol. The van der Waals surface area contributed by atoms with Crippen molar-refractivity contribution in [1.29, 1.82) is 0 Å². The monoisotopic (exact) mass is 378 g/mol. The van der Waals surface area contributed by atoms with E-state index in [1.54, 1.807) is 6.92 Å². The lowest BCUT2D eigenvalue weighted by molar-refractivity contribution is -0.0214. The standard InChI is InChI=1S/C20H24ClFN2O2/c1-20(22)7-5-13(6-8-20)9-23-19(25)15-10-24(14-11-26-12-14)17-4-2-3-16(21)18(15)17/h2-4,10,13-14H,5-9,11-12H2,1H3,(H,23,25). The maximum atomic E-state index is 13.9. The van der Waals surface area contributed by atoms with Crippen molar-refractivity contribution < 1.29 is 13.9 Å². The Kier molecular flexibility index (Phi) is 4.70. The molecule has 0 spiro atoms. The largest absolute Gasteiger partial charge is 0.377 e. The van der Waals surface area contributed by atoms with Gasteiger partial charge < -0.3 is 14.6 Å². The Bertz CT molecular complexity index is 819. The maximum Gasteiger partial charge on any atom is 0.253 e. The SMILES string of the molecule is CC1(F)CCC(CNC(=O)c2cn(C3COC3)c3cccc(Cl)c23)CC1. The number of alkyl halides is 1. The molecule has 1 aliphatic heterocycles. The molecule has 4 nitrogen and oxygen atoms in total. The van der Waals surface area contributed by atoms with Crippen LogP contribution in [-0.2, 0) is 4.74 Å². The molecule has 1 aliphatic carbocycles. The zero-order chi connectivity index (χ0) is 18.3. The molecule has 0 bridgehead atoms. The van der Waals surface area contributed by atoms with Crippen molar-refractivity contribution in [2.24, 2.45) is 5.92 Å². The van der Waals surface area contributed by atoms with Gasteiger partial charge in [0.05, 0.1) is 35.4 Å². The number of carbonyl (C=O) groups is 1. The van der Waals surface area contributed by atoms with Crippen molar-refractivity contribution in [3.8, 4) is 0 Å². The van der Waals surface area contributed by atoms with Crippen molar-refractivity contribution in [3.63, 3.8) is 0 Å². The molecule has 1 saturated carbocycles. The fourth-order valence-electron chi connectivity index (χ4n) is 3.94. The summed E-state index contributed by atoms with van der Waals surface area (Å²) in [6.45, 7) is 3.56. The van der Waals surface area contributed by atoms with Gasteiger partial charge >= 0.3 is 0 Å². The normalized spacial score (nSPS) is 26.7. The summed E-state index contributed by atoms with van der Waals surface area (Å²) >= 11 is 6.40. The second-order valence-corrected chi connectivity index (χ2v) is 8.25. The molecule has 2 aromatic rings. The number of aromatic nitrogens is 1. The summed E-state index contributed by atoms with van der Waals surface area (Å²) in [4.78, 5) is 12.8. The summed E-state index contributed by atoms with van der Waals surface area (Å²) in [5.41, 5.74) is 0.511. The number of fused-ring (bicyclic) bond motifs is 1. The molecule has 26 heavy (non-hydrogen) atoms. The van der Waals surface area contributed by atoms with Gasteiger partial charge in [-0.25, -0.2) is 4.39 Å². The van der Waals surface area contributed by atoms with Crippen molar-refractivity contribution in [3.05, 3.63) is 35.0 Å². The molecule has 140 valence electrons. The van der Waals surface area contributed by atoms with Crippen LogP contribution in [0.1, 0.15) is 49.0 Å². The van der Waals surface area contributed by atoms with Crippen LogP contribution in [0, 0.1) is 5.92 Å². The minimum Gasteiger partial charge on any atom is -0.377 e. The van der Waals surface area contributed by atoms with E-state index in [1.165, 1.54) is 0 Å². The van der Waals surface area contributed by atoms with Gasteiger partial charge in [0.1, 0.15) is 5.67 Å². The Morgan fingerprint density at radius 1 is 1.38 bits per heavy atom. The van der Waals surface area contributed by atoms with Gasteiger partial charge in [0.2, 0.25) is 0 Å². The van der Waals surface area contributed by atoms with E-state index in [0.29, 0.717) is 49.1 Å². The van der Waals surface area contributed by atoms with Crippen molar-refractivity contribution >= 4 is 28.4 Å². The number of carbonyl (C=O) groups excluding carboxylic acids is 1. The molecule has 4 rings (SSSR count). The molecule has 2 aliphatic rings. The first-order valence-electron chi connectivity index (χ1n) is 9.28. The number of hydrogen-bond acceptors (Lipinski definition) is 2. The predicted octanol–water partition coefficient (Wildman–Crippen LogP) is 4.51. The van der Waals surface area contributed by atoms with Crippen LogP contribution in [0.3, 0.4) is 0 Å². The van der Waals surface area contributed by atoms with E-state index >= 15 is 0 Å². The van der Waals surface area contributed by atoms with Crippen LogP contribution in [0.2, 0.25) is 5.02 Å². The Morgan fingerprint density at radius 2 is 2.12 bits per heavy atom. The van der Waals surface area contributed by atoms with Gasteiger partial charge in [-0.1, -0.05) is 17.7 Å². The highest BCUT2D eigenvalue weighted by molar-refractivity contribution is 6.36. The van der Waals surface area contributed by atoms with Crippen LogP contribution in [0.25, 0.3) is 10.9 Å². The Hall–Kier alpha value is -1.59. The summed E-state index contributed by atoms with van der Waals surface area (Å²) < 4.78 is 21.3. The van der Waals surface area contributed by atoms with E-state index in [2.05, 4.69) is 9.88 Å². The van der Waals surface area contributed by atoms with Gasteiger partial charge in [0, 0.05) is 18.1 Å². The topological polar surface area (TPSA) is 43.3 Å². The molecule has 2 heterocycles. The molecule has 6 heteroatoms. The van der Waals surface area contributed by atoms with E-state index in [0.717, 1.165) is 23.7 Å². The third-order valence-electron chi connectivity index (χ3n) is 5.76. The molecule has 0 radical (unpaired) electrons. The number of halogens is 2. The fourth-order valence-corrected chi connectivity index (χ4v) is 4.21. The first-order chi connectivity index (χ1) is 12.4. The van der Waals surface area contributed by atoms with Crippen LogP contribution < -0.4 is 5.32 Å². The van der Waals surface area contributed by atoms with Crippen LogP contribution in [0.5, 0.6) is 0 Å². The first kappa shape index (κ1) is 17.8. The summed E-state index contributed by atoms with van der Waals surface area (Å²) in [5.74, 6) is 0.224. The molecule has 0 atom stereocenters. The van der Waals surface area contributed by atoms with Crippen LogP contribution in [0.15, 0.2) is 24.4 Å². The average Bonchev–Trinajstić information content (AvgIpc) is 2.93. The Labute approximate surface area is 157 Å². The lowest BCUT2D eigenvalue weighted by Crippen LogP contribution is -2.34. The van der Waals surface area contributed by atoms with Gasteiger partial charge in [-0.05, 0) is 50.7 Å². The summed E-state index contributed by atoms with van der Waals surface area (Å²) in [6, 6.07) is 5.95. The van der Waals surface area contributed by atoms with Gasteiger partial charge in [-0.15, -0.1) is 0 Å². The number of nitrogens with zero attached hydrogens (tertiary/aromatic N) is 1.